The minimum absolute atomic E-state index is 0.0830. The molecule has 4 rings (SSSR count). The van der Waals surface area contributed by atoms with E-state index in [1.807, 2.05) is 18.7 Å². The Labute approximate surface area is 125 Å². The first kappa shape index (κ1) is 12.4. The fraction of sp³-hybridized carbons (Fsp3) is 0.211. The summed E-state index contributed by atoms with van der Waals surface area (Å²) in [6.07, 6.45) is 6.80. The first-order chi connectivity index (χ1) is 10.2. The molecule has 0 fully saturated rings. The number of nitrogens with zero attached hydrogens (tertiary/aromatic N) is 2. The molecule has 0 radical (unpaired) electrons. The zero-order chi connectivity index (χ0) is 14.4. The van der Waals surface area contributed by atoms with Crippen molar-refractivity contribution in [1.29, 1.82) is 0 Å². The number of imidazole rings is 1. The summed E-state index contributed by atoms with van der Waals surface area (Å²) >= 11 is 0. The summed E-state index contributed by atoms with van der Waals surface area (Å²) in [5.74, 6) is 0. The van der Waals surface area contributed by atoms with E-state index >= 15 is 0 Å². The lowest BCUT2D eigenvalue weighted by molar-refractivity contribution is 0.435. The number of hydrogen-bond acceptors (Lipinski definition) is 1. The van der Waals surface area contributed by atoms with Gasteiger partial charge in [-0.2, -0.15) is 0 Å². The second-order valence-electron chi connectivity index (χ2n) is 6.23. The Morgan fingerprint density at radius 1 is 1.00 bits per heavy atom. The molecular weight excluding hydrogens is 256 g/mol. The van der Waals surface area contributed by atoms with Crippen LogP contribution in [0.1, 0.15) is 30.5 Å². The first-order valence-electron chi connectivity index (χ1n) is 7.36. The average molecular weight is 274 g/mol. The van der Waals surface area contributed by atoms with Crippen LogP contribution in [0.3, 0.4) is 0 Å². The van der Waals surface area contributed by atoms with E-state index in [-0.39, 0.29) is 5.54 Å². The van der Waals surface area contributed by atoms with E-state index < -0.39 is 0 Å². The van der Waals surface area contributed by atoms with Gasteiger partial charge in [0, 0.05) is 12.4 Å². The second-order valence-corrected chi connectivity index (χ2v) is 6.23. The fourth-order valence-corrected chi connectivity index (χ4v) is 3.26. The molecule has 1 heterocycles. The maximum atomic E-state index is 4.18. The van der Waals surface area contributed by atoms with E-state index in [0.717, 1.165) is 6.42 Å². The van der Waals surface area contributed by atoms with Crippen molar-refractivity contribution >= 4 is 0 Å². The van der Waals surface area contributed by atoms with Crippen LogP contribution >= 0.6 is 0 Å². The van der Waals surface area contributed by atoms with Crippen molar-refractivity contribution in [2.75, 3.05) is 0 Å². The molecule has 2 aromatic carbocycles. The Kier molecular flexibility index (Phi) is 2.55. The van der Waals surface area contributed by atoms with E-state index in [4.69, 9.17) is 0 Å². The molecule has 1 aromatic heterocycles. The van der Waals surface area contributed by atoms with Gasteiger partial charge in [0.15, 0.2) is 0 Å². The van der Waals surface area contributed by atoms with Crippen LogP contribution < -0.4 is 0 Å². The number of aromatic nitrogens is 2. The third-order valence-corrected chi connectivity index (χ3v) is 4.65. The summed E-state index contributed by atoms with van der Waals surface area (Å²) in [6, 6.07) is 15.6. The third-order valence-electron chi connectivity index (χ3n) is 4.65. The Bertz CT molecular complexity index is 798. The van der Waals surface area contributed by atoms with Gasteiger partial charge in [-0.1, -0.05) is 42.5 Å². The highest BCUT2D eigenvalue weighted by Crippen LogP contribution is 2.38. The van der Waals surface area contributed by atoms with Crippen molar-refractivity contribution in [3.8, 4) is 11.1 Å². The molecule has 0 saturated carbocycles. The molecule has 1 aliphatic carbocycles. The van der Waals surface area contributed by atoms with Gasteiger partial charge in [-0.05, 0) is 48.1 Å². The summed E-state index contributed by atoms with van der Waals surface area (Å²) in [5, 5.41) is 0. The van der Waals surface area contributed by atoms with Crippen LogP contribution in [0.4, 0.5) is 0 Å². The maximum absolute atomic E-state index is 4.18. The van der Waals surface area contributed by atoms with Crippen LogP contribution in [0.5, 0.6) is 0 Å². The minimum atomic E-state index is -0.0830. The van der Waals surface area contributed by atoms with Crippen molar-refractivity contribution in [2.24, 2.45) is 0 Å². The highest BCUT2D eigenvalue weighted by Gasteiger charge is 2.25. The van der Waals surface area contributed by atoms with Gasteiger partial charge in [-0.25, -0.2) is 4.98 Å². The molecule has 1 aliphatic rings. The standard InChI is InChI=1S/C19H18N2/c1-19(2,21-10-9-20-13-21)16-7-8-18-15(12-16)11-14-5-3-4-6-17(14)18/h3-10,12-13H,11H2,1-2H3. The van der Waals surface area contributed by atoms with Gasteiger partial charge < -0.3 is 4.57 Å². The van der Waals surface area contributed by atoms with Crippen molar-refractivity contribution < 1.29 is 0 Å². The molecule has 0 atom stereocenters. The smallest absolute Gasteiger partial charge is 0.0953 e. The predicted molar refractivity (Wildman–Crippen MR) is 85.3 cm³/mol. The molecule has 3 aromatic rings. The van der Waals surface area contributed by atoms with Gasteiger partial charge in [0.2, 0.25) is 0 Å². The predicted octanol–water partition coefficient (Wildman–Crippen LogP) is 4.24. The summed E-state index contributed by atoms with van der Waals surface area (Å²) in [4.78, 5) is 4.18. The van der Waals surface area contributed by atoms with Crippen LogP contribution in [-0.4, -0.2) is 9.55 Å². The SMILES string of the molecule is CC(C)(c1ccc2c(c1)Cc1ccccc1-2)n1ccnc1. The second kappa shape index (κ2) is 4.32. The third kappa shape index (κ3) is 1.83. The van der Waals surface area contributed by atoms with Gasteiger partial charge in [0.05, 0.1) is 11.9 Å². The lowest BCUT2D eigenvalue weighted by Crippen LogP contribution is -2.26. The van der Waals surface area contributed by atoms with E-state index in [1.165, 1.54) is 27.8 Å². The number of hydrogen-bond donors (Lipinski definition) is 0. The fourth-order valence-electron chi connectivity index (χ4n) is 3.26. The van der Waals surface area contributed by atoms with Crippen LogP contribution in [0.2, 0.25) is 0 Å². The maximum Gasteiger partial charge on any atom is 0.0953 e. The Morgan fingerprint density at radius 3 is 2.62 bits per heavy atom. The Morgan fingerprint density at radius 2 is 1.81 bits per heavy atom. The number of fused-ring (bicyclic) bond motifs is 3. The van der Waals surface area contributed by atoms with E-state index in [9.17, 15) is 0 Å². The van der Waals surface area contributed by atoms with Crippen molar-refractivity contribution in [3.05, 3.63) is 77.9 Å². The molecule has 0 bridgehead atoms. The molecular formula is C19H18N2. The van der Waals surface area contributed by atoms with Crippen LogP contribution in [0, 0.1) is 0 Å². The van der Waals surface area contributed by atoms with E-state index in [1.54, 1.807) is 0 Å². The molecule has 0 aliphatic heterocycles. The normalized spacial score (nSPS) is 13.0. The molecule has 2 heteroatoms. The summed E-state index contributed by atoms with van der Waals surface area (Å²) in [5.41, 5.74) is 6.88. The summed E-state index contributed by atoms with van der Waals surface area (Å²) in [6.45, 7) is 4.47. The van der Waals surface area contributed by atoms with Gasteiger partial charge >= 0.3 is 0 Å². The zero-order valence-corrected chi connectivity index (χ0v) is 12.4. The molecule has 0 spiro atoms. The lowest BCUT2D eigenvalue weighted by atomic mass is 9.91. The largest absolute Gasteiger partial charge is 0.328 e. The molecule has 2 nitrogen and oxygen atoms in total. The molecule has 104 valence electrons. The molecule has 0 unspecified atom stereocenters. The highest BCUT2D eigenvalue weighted by molar-refractivity contribution is 5.77. The molecule has 0 saturated heterocycles. The van der Waals surface area contributed by atoms with Crippen molar-refractivity contribution in [1.82, 2.24) is 9.55 Å². The van der Waals surface area contributed by atoms with Crippen LogP contribution in [-0.2, 0) is 12.0 Å². The molecule has 0 amide bonds. The Hall–Kier alpha value is -2.35. The van der Waals surface area contributed by atoms with E-state index in [2.05, 4.69) is 65.9 Å². The first-order valence-corrected chi connectivity index (χ1v) is 7.36. The summed E-state index contributed by atoms with van der Waals surface area (Å²) in [7, 11) is 0. The molecule has 0 N–H and O–H groups in total. The number of benzene rings is 2. The van der Waals surface area contributed by atoms with Crippen molar-refractivity contribution in [2.45, 2.75) is 25.8 Å². The van der Waals surface area contributed by atoms with Gasteiger partial charge in [0.1, 0.15) is 0 Å². The van der Waals surface area contributed by atoms with Crippen LogP contribution in [0.15, 0.2) is 61.2 Å². The van der Waals surface area contributed by atoms with Gasteiger partial charge in [-0.3, -0.25) is 0 Å². The van der Waals surface area contributed by atoms with Gasteiger partial charge in [-0.15, -0.1) is 0 Å². The minimum Gasteiger partial charge on any atom is -0.328 e. The quantitative estimate of drug-likeness (QED) is 0.534. The van der Waals surface area contributed by atoms with Crippen molar-refractivity contribution in [3.63, 3.8) is 0 Å². The lowest BCUT2D eigenvalue weighted by Gasteiger charge is -2.27. The molecule has 21 heavy (non-hydrogen) atoms. The average Bonchev–Trinajstić information content (AvgIpc) is 3.14. The highest BCUT2D eigenvalue weighted by atomic mass is 15.1. The Balaban J connectivity index is 1.80. The zero-order valence-electron chi connectivity index (χ0n) is 12.4. The number of rotatable bonds is 2. The van der Waals surface area contributed by atoms with E-state index in [0.29, 0.717) is 0 Å². The van der Waals surface area contributed by atoms with Gasteiger partial charge in [0.25, 0.3) is 0 Å². The van der Waals surface area contributed by atoms with Crippen LogP contribution in [0.25, 0.3) is 11.1 Å². The summed E-state index contributed by atoms with van der Waals surface area (Å²) < 4.78 is 2.16. The topological polar surface area (TPSA) is 17.8 Å². The monoisotopic (exact) mass is 274 g/mol.